The molecular weight excluding hydrogens is 699 g/mol. The summed E-state index contributed by atoms with van der Waals surface area (Å²) < 4.78 is 5.05. The summed E-state index contributed by atoms with van der Waals surface area (Å²) in [5, 5.41) is 8.68. The van der Waals surface area contributed by atoms with Gasteiger partial charge in [0, 0.05) is 53.5 Å². The van der Waals surface area contributed by atoms with Crippen molar-refractivity contribution in [1.82, 2.24) is 9.88 Å². The Morgan fingerprint density at radius 1 is 0.482 bits per heavy atom. The van der Waals surface area contributed by atoms with Gasteiger partial charge in [0.05, 0.1) is 16.7 Å². The first kappa shape index (κ1) is 32.4. The monoisotopic (exact) mass is 733 g/mol. The first-order valence-corrected chi connectivity index (χ1v) is 19.9. The summed E-state index contributed by atoms with van der Waals surface area (Å²) >= 11 is 1.88. The summed E-state index contributed by atoms with van der Waals surface area (Å²) in [7, 11) is 0. The van der Waals surface area contributed by atoms with E-state index in [0.29, 0.717) is 0 Å². The van der Waals surface area contributed by atoms with Gasteiger partial charge >= 0.3 is 0 Å². The summed E-state index contributed by atoms with van der Waals surface area (Å²) in [6, 6.07) is 69.9. The highest BCUT2D eigenvalue weighted by molar-refractivity contribution is 7.26. The number of para-hydroxylation sites is 1. The molecule has 0 bridgehead atoms. The van der Waals surface area contributed by atoms with Gasteiger partial charge in [0.2, 0.25) is 0 Å². The average molecular weight is 734 g/mol. The number of thiophene rings is 1. The van der Waals surface area contributed by atoms with E-state index in [2.05, 4.69) is 210 Å². The van der Waals surface area contributed by atoms with Crippen molar-refractivity contribution >= 4 is 64.7 Å². The van der Waals surface area contributed by atoms with Crippen molar-refractivity contribution < 1.29 is 0 Å². The number of nitrogens with zero attached hydrogens (tertiary/aromatic N) is 2. The van der Waals surface area contributed by atoms with Crippen LogP contribution in [0.25, 0.3) is 75.6 Å². The van der Waals surface area contributed by atoms with Crippen molar-refractivity contribution in [3.63, 3.8) is 0 Å². The number of rotatable bonds is 6. The lowest BCUT2D eigenvalue weighted by Crippen LogP contribution is -2.24. The predicted octanol–water partition coefficient (Wildman–Crippen LogP) is 13.6. The lowest BCUT2D eigenvalue weighted by Gasteiger charge is -2.25. The highest BCUT2D eigenvalue weighted by atomic mass is 32.1. The maximum atomic E-state index is 5.41. The molecule has 3 heterocycles. The van der Waals surface area contributed by atoms with E-state index in [1.165, 1.54) is 58.7 Å². The average Bonchev–Trinajstić information content (AvgIpc) is 3.82. The van der Waals surface area contributed by atoms with Gasteiger partial charge in [0.1, 0.15) is 6.17 Å². The summed E-state index contributed by atoms with van der Waals surface area (Å²) in [5.74, 6) is 0. The van der Waals surface area contributed by atoms with Gasteiger partial charge in [0.25, 0.3) is 0 Å². The molecule has 264 valence electrons. The maximum Gasteiger partial charge on any atom is 0.145 e. The van der Waals surface area contributed by atoms with E-state index in [9.17, 15) is 0 Å². The molecule has 1 N–H and O–H groups in total. The quantitative estimate of drug-likeness (QED) is 0.181. The van der Waals surface area contributed by atoms with Crippen LogP contribution in [0.4, 0.5) is 0 Å². The van der Waals surface area contributed by atoms with Crippen LogP contribution in [0.5, 0.6) is 0 Å². The first-order chi connectivity index (χ1) is 27.8. The topological polar surface area (TPSA) is 29.3 Å². The number of aliphatic imine (C=N–C) groups is 1. The Hall–Kier alpha value is -7.01. The second-order valence-corrected chi connectivity index (χ2v) is 15.4. The van der Waals surface area contributed by atoms with Crippen LogP contribution in [0.1, 0.15) is 22.9 Å². The van der Waals surface area contributed by atoms with Crippen LogP contribution in [0.3, 0.4) is 0 Å². The second-order valence-electron chi connectivity index (χ2n) is 14.4. The fraction of sp³-hybridized carbons (Fsp3) is 0.0192. The first-order valence-electron chi connectivity index (χ1n) is 19.1. The molecule has 0 saturated heterocycles. The third-order valence-corrected chi connectivity index (χ3v) is 12.2. The van der Waals surface area contributed by atoms with Crippen LogP contribution in [-0.2, 0) is 0 Å². The third-order valence-electron chi connectivity index (χ3n) is 11.0. The van der Waals surface area contributed by atoms with Gasteiger partial charge in [-0.3, -0.25) is 4.99 Å². The molecule has 56 heavy (non-hydrogen) atoms. The van der Waals surface area contributed by atoms with Crippen LogP contribution in [-0.4, -0.2) is 10.3 Å². The highest BCUT2D eigenvalue weighted by Gasteiger charge is 2.24. The van der Waals surface area contributed by atoms with Crippen molar-refractivity contribution in [1.29, 1.82) is 0 Å². The minimum atomic E-state index is -0.224. The molecule has 0 radical (unpaired) electrons. The van der Waals surface area contributed by atoms with E-state index in [-0.39, 0.29) is 6.17 Å². The molecule has 0 amide bonds. The van der Waals surface area contributed by atoms with E-state index in [0.717, 1.165) is 39.3 Å². The Kier molecular flexibility index (Phi) is 7.75. The summed E-state index contributed by atoms with van der Waals surface area (Å²) in [6.07, 6.45) is 2.00. The van der Waals surface area contributed by atoms with Gasteiger partial charge < -0.3 is 9.88 Å². The van der Waals surface area contributed by atoms with Gasteiger partial charge in [0.15, 0.2) is 0 Å². The Morgan fingerprint density at radius 3 is 1.91 bits per heavy atom. The lowest BCUT2D eigenvalue weighted by atomic mass is 9.98. The number of hydrogen-bond acceptors (Lipinski definition) is 3. The number of aromatic nitrogens is 1. The van der Waals surface area contributed by atoms with Gasteiger partial charge in [-0.1, -0.05) is 158 Å². The minimum absolute atomic E-state index is 0.224. The smallest absolute Gasteiger partial charge is 0.145 e. The number of hydrogen-bond donors (Lipinski definition) is 1. The van der Waals surface area contributed by atoms with E-state index < -0.39 is 0 Å². The number of benzene rings is 8. The molecule has 11 rings (SSSR count). The van der Waals surface area contributed by atoms with Crippen molar-refractivity contribution in [2.24, 2.45) is 4.99 Å². The van der Waals surface area contributed by atoms with Crippen molar-refractivity contribution in [2.75, 3.05) is 0 Å². The van der Waals surface area contributed by atoms with Crippen molar-refractivity contribution in [3.05, 3.63) is 217 Å². The Morgan fingerprint density at radius 2 is 1.14 bits per heavy atom. The third kappa shape index (κ3) is 5.45. The predicted molar refractivity (Wildman–Crippen MR) is 238 cm³/mol. The second kappa shape index (κ2) is 13.4. The number of fused-ring (bicyclic) bond motifs is 6. The Bertz CT molecular complexity index is 3140. The van der Waals surface area contributed by atoms with Gasteiger partial charge in [-0.05, 0) is 70.3 Å². The largest absolute Gasteiger partial charge is 0.360 e. The molecule has 4 heteroatoms. The number of allylic oxidation sites excluding steroid dienone is 1. The lowest BCUT2D eigenvalue weighted by molar-refractivity contribution is 0.664. The molecule has 1 aliphatic rings. The van der Waals surface area contributed by atoms with E-state index in [1.807, 2.05) is 11.3 Å². The summed E-state index contributed by atoms with van der Waals surface area (Å²) in [5.41, 5.74) is 13.8. The Labute approximate surface area is 329 Å². The Balaban J connectivity index is 1.17. The molecule has 8 aromatic carbocycles. The van der Waals surface area contributed by atoms with Crippen LogP contribution in [0.2, 0.25) is 0 Å². The zero-order valence-corrected chi connectivity index (χ0v) is 31.2. The van der Waals surface area contributed by atoms with Gasteiger partial charge in [-0.25, -0.2) is 0 Å². The molecule has 1 atom stereocenters. The summed E-state index contributed by atoms with van der Waals surface area (Å²) in [6.45, 7) is 0. The molecule has 3 nitrogen and oxygen atoms in total. The molecule has 1 unspecified atom stereocenters. The van der Waals surface area contributed by atoms with Crippen LogP contribution in [0.15, 0.2) is 205 Å². The van der Waals surface area contributed by atoms with Crippen LogP contribution < -0.4 is 5.32 Å². The SMILES string of the molecule is C1=C(c2ccccc2)NC(c2ccccc2)N=C1c1cccc2c1c1ccccc1n2-c1cc(-c2ccccc2)c2sc3ccc(-c4ccccc4)cc3c2c1. The van der Waals surface area contributed by atoms with E-state index in [1.54, 1.807) is 0 Å². The molecule has 10 aromatic rings. The minimum Gasteiger partial charge on any atom is -0.360 e. The molecular formula is C52H35N3S. The van der Waals surface area contributed by atoms with Gasteiger partial charge in [-0.2, -0.15) is 0 Å². The molecule has 0 spiro atoms. The van der Waals surface area contributed by atoms with Crippen LogP contribution >= 0.6 is 11.3 Å². The summed E-state index contributed by atoms with van der Waals surface area (Å²) in [4.78, 5) is 5.41. The zero-order chi connectivity index (χ0) is 37.0. The number of nitrogens with one attached hydrogen (secondary N) is 1. The van der Waals surface area contributed by atoms with E-state index >= 15 is 0 Å². The normalized spacial score (nSPS) is 14.2. The molecule has 0 saturated carbocycles. The fourth-order valence-electron chi connectivity index (χ4n) is 8.40. The molecule has 1 aliphatic heterocycles. The van der Waals surface area contributed by atoms with Crippen molar-refractivity contribution in [2.45, 2.75) is 6.17 Å². The fourth-order valence-corrected chi connectivity index (χ4v) is 9.60. The van der Waals surface area contributed by atoms with Crippen LogP contribution in [0, 0.1) is 0 Å². The molecule has 0 fully saturated rings. The maximum absolute atomic E-state index is 5.41. The molecule has 0 aliphatic carbocycles. The highest BCUT2D eigenvalue weighted by Crippen LogP contribution is 2.44. The van der Waals surface area contributed by atoms with E-state index in [4.69, 9.17) is 4.99 Å². The van der Waals surface area contributed by atoms with Crippen molar-refractivity contribution in [3.8, 4) is 27.9 Å². The molecule has 2 aromatic heterocycles. The van der Waals surface area contributed by atoms with Gasteiger partial charge in [-0.15, -0.1) is 11.3 Å². The zero-order valence-electron chi connectivity index (χ0n) is 30.4. The standard InChI is InChI=1S/C52H35N3S/c1-5-16-34(17-6-1)38-28-29-49-43(30-38)44-32-39(31-42(51(44)56-49)35-18-7-2-8-19-35)55-47-26-14-13-24-41(47)50-40(25-15-27-48(50)55)46-33-45(36-20-9-3-10-21-36)53-52(54-46)37-22-11-4-12-23-37/h1-33,52-53H.